The summed E-state index contributed by atoms with van der Waals surface area (Å²) in [7, 11) is 0. The van der Waals surface area contributed by atoms with Crippen LogP contribution >= 0.6 is 31.9 Å². The fraction of sp³-hybridized carbons (Fsp3) is 0.545. The van der Waals surface area contributed by atoms with E-state index in [4.69, 9.17) is 5.11 Å². The van der Waals surface area contributed by atoms with Gasteiger partial charge in [-0.05, 0) is 49.8 Å². The van der Waals surface area contributed by atoms with Crippen molar-refractivity contribution in [3.05, 3.63) is 21.2 Å². The Morgan fingerprint density at radius 3 is 2.69 bits per heavy atom. The molecule has 3 nitrogen and oxygen atoms in total. The molecular weight excluding hydrogens is 336 g/mol. The third kappa shape index (κ3) is 4.39. The Kier molecular flexibility index (Phi) is 5.21. The molecule has 0 saturated carbocycles. The van der Waals surface area contributed by atoms with E-state index in [0.29, 0.717) is 0 Å². The van der Waals surface area contributed by atoms with Gasteiger partial charge in [0.15, 0.2) is 0 Å². The fourth-order valence-electron chi connectivity index (χ4n) is 1.26. The number of halogens is 2. The van der Waals surface area contributed by atoms with Gasteiger partial charge in [0.1, 0.15) is 5.82 Å². The normalized spacial score (nSPS) is 11.6. The number of nitrogens with zero attached hydrogens (tertiary/aromatic N) is 1. The fourth-order valence-corrected chi connectivity index (χ4v) is 2.39. The highest BCUT2D eigenvalue weighted by Crippen LogP contribution is 2.26. The average molecular weight is 352 g/mol. The number of rotatable bonds is 5. The smallest absolute Gasteiger partial charge is 0.140 e. The van der Waals surface area contributed by atoms with Crippen molar-refractivity contribution in [3.8, 4) is 0 Å². The van der Waals surface area contributed by atoms with Crippen molar-refractivity contribution in [1.82, 2.24) is 4.98 Å². The lowest BCUT2D eigenvalue weighted by Crippen LogP contribution is -2.24. The minimum atomic E-state index is 0.0585. The molecule has 0 aliphatic rings. The van der Waals surface area contributed by atoms with Crippen LogP contribution in [0.4, 0.5) is 5.82 Å². The number of aromatic nitrogens is 1. The number of hydrogen-bond donors (Lipinski definition) is 2. The summed E-state index contributed by atoms with van der Waals surface area (Å²) in [6.45, 7) is 5.22. The SMILES string of the molecule is CC(C)(CCO)CNc1ncc(Br)cc1Br. The third-order valence-electron chi connectivity index (χ3n) is 2.33. The van der Waals surface area contributed by atoms with Gasteiger partial charge < -0.3 is 10.4 Å². The van der Waals surface area contributed by atoms with E-state index in [0.717, 1.165) is 27.7 Å². The number of aliphatic hydroxyl groups excluding tert-OH is 1. The van der Waals surface area contributed by atoms with Gasteiger partial charge in [-0.3, -0.25) is 0 Å². The van der Waals surface area contributed by atoms with Gasteiger partial charge in [0.2, 0.25) is 0 Å². The molecule has 0 atom stereocenters. The van der Waals surface area contributed by atoms with E-state index in [9.17, 15) is 0 Å². The lowest BCUT2D eigenvalue weighted by Gasteiger charge is -2.24. The second kappa shape index (κ2) is 5.98. The Morgan fingerprint density at radius 1 is 1.44 bits per heavy atom. The van der Waals surface area contributed by atoms with Crippen LogP contribution in [0.3, 0.4) is 0 Å². The van der Waals surface area contributed by atoms with E-state index in [1.165, 1.54) is 0 Å². The molecule has 1 aromatic heterocycles. The summed E-state index contributed by atoms with van der Waals surface area (Å²) in [4.78, 5) is 4.27. The molecule has 1 heterocycles. The second-order valence-corrected chi connectivity index (χ2v) is 6.25. The molecule has 0 bridgehead atoms. The summed E-state index contributed by atoms with van der Waals surface area (Å²) < 4.78 is 1.88. The molecule has 0 aliphatic carbocycles. The molecule has 1 rings (SSSR count). The van der Waals surface area contributed by atoms with Gasteiger partial charge in [0.25, 0.3) is 0 Å². The molecule has 0 aromatic carbocycles. The molecule has 5 heteroatoms. The minimum Gasteiger partial charge on any atom is -0.396 e. The zero-order valence-electron chi connectivity index (χ0n) is 9.43. The van der Waals surface area contributed by atoms with E-state index < -0.39 is 0 Å². The van der Waals surface area contributed by atoms with Crippen LogP contribution in [0.2, 0.25) is 0 Å². The first-order valence-corrected chi connectivity index (χ1v) is 6.69. The first-order valence-electron chi connectivity index (χ1n) is 5.10. The lowest BCUT2D eigenvalue weighted by atomic mass is 9.90. The van der Waals surface area contributed by atoms with Crippen molar-refractivity contribution < 1.29 is 5.11 Å². The highest BCUT2D eigenvalue weighted by atomic mass is 79.9. The second-order valence-electron chi connectivity index (χ2n) is 4.48. The largest absolute Gasteiger partial charge is 0.396 e. The van der Waals surface area contributed by atoms with Crippen LogP contribution in [0.5, 0.6) is 0 Å². The molecule has 16 heavy (non-hydrogen) atoms. The standard InChI is InChI=1S/C11H16Br2N2O/c1-11(2,3-4-16)7-15-10-9(13)5-8(12)6-14-10/h5-6,16H,3-4,7H2,1-2H3,(H,14,15). The van der Waals surface area contributed by atoms with Crippen molar-refractivity contribution in [1.29, 1.82) is 0 Å². The first kappa shape index (κ1) is 13.9. The van der Waals surface area contributed by atoms with Gasteiger partial charge in [-0.15, -0.1) is 0 Å². The van der Waals surface area contributed by atoms with E-state index in [1.807, 2.05) is 6.07 Å². The molecule has 1 aromatic rings. The van der Waals surface area contributed by atoms with Crippen LogP contribution in [-0.2, 0) is 0 Å². The maximum atomic E-state index is 8.93. The van der Waals surface area contributed by atoms with Gasteiger partial charge in [-0.2, -0.15) is 0 Å². The first-order chi connectivity index (χ1) is 7.44. The summed E-state index contributed by atoms with van der Waals surface area (Å²) in [6, 6.07) is 1.95. The number of pyridine rings is 1. The summed E-state index contributed by atoms with van der Waals surface area (Å²) in [5, 5.41) is 12.2. The number of hydrogen-bond acceptors (Lipinski definition) is 3. The van der Waals surface area contributed by atoms with Gasteiger partial charge in [0.05, 0.1) is 4.47 Å². The highest BCUT2D eigenvalue weighted by molar-refractivity contribution is 9.11. The van der Waals surface area contributed by atoms with E-state index in [1.54, 1.807) is 6.20 Å². The molecule has 0 aliphatic heterocycles. The summed E-state index contributed by atoms with van der Waals surface area (Å²) in [5.41, 5.74) is 0.0585. The number of aliphatic hydroxyl groups is 1. The molecule has 0 unspecified atom stereocenters. The highest BCUT2D eigenvalue weighted by Gasteiger charge is 2.17. The predicted octanol–water partition coefficient (Wildman–Crippen LogP) is 3.43. The summed E-state index contributed by atoms with van der Waals surface area (Å²) in [5.74, 6) is 0.828. The van der Waals surface area contributed by atoms with Gasteiger partial charge in [-0.1, -0.05) is 13.8 Å². The van der Waals surface area contributed by atoms with E-state index in [2.05, 4.69) is 56.0 Å². The summed E-state index contributed by atoms with van der Waals surface area (Å²) in [6.07, 6.45) is 2.53. The molecule has 0 amide bonds. The molecule has 0 spiro atoms. The maximum Gasteiger partial charge on any atom is 0.140 e. The Hall–Kier alpha value is -0.130. The zero-order valence-corrected chi connectivity index (χ0v) is 12.6. The van der Waals surface area contributed by atoms with E-state index in [-0.39, 0.29) is 12.0 Å². The van der Waals surface area contributed by atoms with Crippen molar-refractivity contribution in [2.75, 3.05) is 18.5 Å². The van der Waals surface area contributed by atoms with Gasteiger partial charge >= 0.3 is 0 Å². The maximum absolute atomic E-state index is 8.93. The van der Waals surface area contributed by atoms with Crippen LogP contribution in [0.25, 0.3) is 0 Å². The van der Waals surface area contributed by atoms with Crippen LogP contribution in [0.15, 0.2) is 21.2 Å². The third-order valence-corrected chi connectivity index (χ3v) is 3.37. The molecule has 0 saturated heterocycles. The van der Waals surface area contributed by atoms with Crippen LogP contribution in [-0.4, -0.2) is 23.2 Å². The zero-order chi connectivity index (χ0) is 12.2. The van der Waals surface area contributed by atoms with Crippen molar-refractivity contribution >= 4 is 37.7 Å². The average Bonchev–Trinajstić information content (AvgIpc) is 2.16. The predicted molar refractivity (Wildman–Crippen MR) is 73.6 cm³/mol. The number of nitrogens with one attached hydrogen (secondary N) is 1. The monoisotopic (exact) mass is 350 g/mol. The van der Waals surface area contributed by atoms with Crippen LogP contribution in [0.1, 0.15) is 20.3 Å². The molecule has 2 N–H and O–H groups in total. The quantitative estimate of drug-likeness (QED) is 0.854. The van der Waals surface area contributed by atoms with Crippen molar-refractivity contribution in [2.24, 2.45) is 5.41 Å². The van der Waals surface area contributed by atoms with Crippen LogP contribution < -0.4 is 5.32 Å². The van der Waals surface area contributed by atoms with E-state index >= 15 is 0 Å². The van der Waals surface area contributed by atoms with Gasteiger partial charge in [0, 0.05) is 23.8 Å². The number of anilines is 1. The van der Waals surface area contributed by atoms with Gasteiger partial charge in [-0.25, -0.2) is 4.98 Å². The molecule has 0 fully saturated rings. The van der Waals surface area contributed by atoms with Crippen molar-refractivity contribution in [3.63, 3.8) is 0 Å². The Bertz CT molecular complexity index is 356. The molecular formula is C11H16Br2N2O. The molecule has 0 radical (unpaired) electrons. The molecule has 90 valence electrons. The Labute approximate surface area is 113 Å². The minimum absolute atomic E-state index is 0.0585. The Morgan fingerprint density at radius 2 is 2.12 bits per heavy atom. The van der Waals surface area contributed by atoms with Crippen molar-refractivity contribution in [2.45, 2.75) is 20.3 Å². The Balaban J connectivity index is 2.61. The van der Waals surface area contributed by atoms with Crippen LogP contribution in [0, 0.1) is 5.41 Å². The topological polar surface area (TPSA) is 45.1 Å². The summed E-state index contributed by atoms with van der Waals surface area (Å²) >= 11 is 6.81. The lowest BCUT2D eigenvalue weighted by molar-refractivity contribution is 0.220.